The van der Waals surface area contributed by atoms with Gasteiger partial charge in [0.25, 0.3) is 5.95 Å². The normalized spacial score (nSPS) is 9.33. The van der Waals surface area contributed by atoms with Crippen LogP contribution in [0.15, 0.2) is 12.5 Å². The van der Waals surface area contributed by atoms with Crippen molar-refractivity contribution in [2.75, 3.05) is 0 Å². The predicted molar refractivity (Wildman–Crippen MR) is 39.5 cm³/mol. The first kappa shape index (κ1) is 11.2. The van der Waals surface area contributed by atoms with Crippen molar-refractivity contribution in [1.29, 1.82) is 0 Å². The second-order valence-electron chi connectivity index (χ2n) is 3.42. The van der Waals surface area contributed by atoms with E-state index in [0.29, 0.717) is 5.41 Å². The minimum absolute atomic E-state index is 0.500. The topological polar surface area (TPSA) is 40.5 Å². The second kappa shape index (κ2) is 4.24. The molecule has 0 aliphatic carbocycles. The van der Waals surface area contributed by atoms with E-state index < -0.39 is 5.95 Å². The van der Waals surface area contributed by atoms with E-state index in [2.05, 4.69) is 34.3 Å². The molecule has 0 amide bonds. The molecule has 0 aromatic heterocycles. The number of rotatable bonds is 0. The number of hydrogen-bond acceptors (Lipinski definition) is 2. The van der Waals surface area contributed by atoms with Crippen molar-refractivity contribution < 1.29 is 10.2 Å². The summed E-state index contributed by atoms with van der Waals surface area (Å²) < 4.78 is 0. The van der Waals surface area contributed by atoms with Gasteiger partial charge in [-0.3, -0.25) is 0 Å². The molecule has 2 N–H and O–H groups in total. The zero-order chi connectivity index (χ0) is 8.08. The van der Waals surface area contributed by atoms with E-state index in [-0.39, 0.29) is 0 Å². The lowest BCUT2D eigenvalue weighted by molar-refractivity contribution is 0.194. The highest BCUT2D eigenvalue weighted by Crippen LogP contribution is 2.07. The van der Waals surface area contributed by atoms with Gasteiger partial charge in [-0.05, 0) is 12.0 Å². The Balaban J connectivity index is 0. The Bertz CT molecular complexity index is 69.4. The average Bonchev–Trinajstić information content (AvgIpc) is 1.19. The summed E-state index contributed by atoms with van der Waals surface area (Å²) in [6.07, 6.45) is 0. The fourth-order valence-corrected chi connectivity index (χ4v) is 0. The van der Waals surface area contributed by atoms with Crippen molar-refractivity contribution in [3.8, 4) is 0 Å². The van der Waals surface area contributed by atoms with Crippen molar-refractivity contribution in [1.82, 2.24) is 0 Å². The van der Waals surface area contributed by atoms with Crippen LogP contribution in [0.5, 0.6) is 0 Å². The minimum atomic E-state index is -0.833. The highest BCUT2D eigenvalue weighted by molar-refractivity contribution is 4.54. The molecule has 2 nitrogen and oxygen atoms in total. The molecule has 0 bridgehead atoms. The predicted octanol–water partition coefficient (Wildman–Crippen LogP) is 2.63. The Morgan fingerprint density at radius 3 is 1.11 bits per heavy atom. The first-order valence-corrected chi connectivity index (χ1v) is 2.80. The van der Waals surface area contributed by atoms with Crippen LogP contribution in [0.1, 0.15) is 27.7 Å². The SMILES string of the molecule is C=C(O)O.CC(C)(C)C. The molecular formula is C7H16O2. The Morgan fingerprint density at radius 2 is 1.11 bits per heavy atom. The molecule has 0 spiro atoms. The highest BCUT2D eigenvalue weighted by atomic mass is 16.5. The second-order valence-corrected chi connectivity index (χ2v) is 3.42. The fraction of sp³-hybridized carbons (Fsp3) is 0.714. The molecule has 0 heterocycles. The number of aliphatic hydroxyl groups excluding tert-OH is 1. The van der Waals surface area contributed by atoms with E-state index in [1.165, 1.54) is 0 Å². The molecule has 0 fully saturated rings. The van der Waals surface area contributed by atoms with Crippen LogP contribution in [-0.4, -0.2) is 10.2 Å². The quantitative estimate of drug-likeness (QED) is 0.497. The Kier molecular flexibility index (Phi) is 5.27. The smallest absolute Gasteiger partial charge is 0.266 e. The summed E-state index contributed by atoms with van der Waals surface area (Å²) in [5.74, 6) is -0.833. The van der Waals surface area contributed by atoms with Crippen LogP contribution in [-0.2, 0) is 0 Å². The van der Waals surface area contributed by atoms with Gasteiger partial charge in [0, 0.05) is 0 Å². The van der Waals surface area contributed by atoms with Crippen LogP contribution in [0.2, 0.25) is 0 Å². The third-order valence-corrected chi connectivity index (χ3v) is 0. The summed E-state index contributed by atoms with van der Waals surface area (Å²) in [5, 5.41) is 14.8. The van der Waals surface area contributed by atoms with Gasteiger partial charge < -0.3 is 10.2 Å². The van der Waals surface area contributed by atoms with Crippen molar-refractivity contribution in [3.63, 3.8) is 0 Å². The summed E-state index contributed by atoms with van der Waals surface area (Å²) in [6.45, 7) is 11.4. The van der Waals surface area contributed by atoms with Gasteiger partial charge in [0.1, 0.15) is 0 Å². The van der Waals surface area contributed by atoms with Crippen LogP contribution >= 0.6 is 0 Å². The van der Waals surface area contributed by atoms with Gasteiger partial charge in [-0.2, -0.15) is 0 Å². The minimum Gasteiger partial charge on any atom is -0.482 e. The van der Waals surface area contributed by atoms with E-state index in [1.807, 2.05) is 0 Å². The lowest BCUT2D eigenvalue weighted by Crippen LogP contribution is -1.93. The van der Waals surface area contributed by atoms with Gasteiger partial charge in [0.15, 0.2) is 0 Å². The molecule has 0 aromatic rings. The van der Waals surface area contributed by atoms with Gasteiger partial charge in [0.2, 0.25) is 0 Å². The standard InChI is InChI=1S/C5H12.C2H4O2/c1-5(2,3)4;1-2(3)4/h1-4H3;3-4H,1H2. The van der Waals surface area contributed by atoms with Crippen molar-refractivity contribution in [2.45, 2.75) is 27.7 Å². The van der Waals surface area contributed by atoms with Gasteiger partial charge in [-0.25, -0.2) is 0 Å². The maximum Gasteiger partial charge on any atom is 0.266 e. The van der Waals surface area contributed by atoms with Crippen LogP contribution in [0, 0.1) is 5.41 Å². The zero-order valence-corrected chi connectivity index (χ0v) is 6.60. The molecule has 0 rings (SSSR count). The first-order chi connectivity index (χ1) is 3.73. The Hall–Kier alpha value is -0.660. The Labute approximate surface area is 56.8 Å². The largest absolute Gasteiger partial charge is 0.482 e. The molecule has 0 atom stereocenters. The van der Waals surface area contributed by atoms with E-state index in [1.54, 1.807) is 0 Å². The molecule has 9 heavy (non-hydrogen) atoms. The third kappa shape index (κ3) is 480. The van der Waals surface area contributed by atoms with Crippen LogP contribution in [0.4, 0.5) is 0 Å². The molecule has 0 aliphatic heterocycles. The van der Waals surface area contributed by atoms with Crippen molar-refractivity contribution in [2.24, 2.45) is 5.41 Å². The maximum atomic E-state index is 7.42. The van der Waals surface area contributed by atoms with E-state index in [4.69, 9.17) is 10.2 Å². The van der Waals surface area contributed by atoms with E-state index in [0.717, 1.165) is 0 Å². The lowest BCUT2D eigenvalue weighted by atomic mass is 10.0. The molecule has 0 saturated carbocycles. The summed E-state index contributed by atoms with van der Waals surface area (Å²) >= 11 is 0. The molecule has 0 aromatic carbocycles. The number of hydrogen-bond donors (Lipinski definition) is 2. The average molecular weight is 132 g/mol. The fourth-order valence-electron chi connectivity index (χ4n) is 0. The summed E-state index contributed by atoms with van der Waals surface area (Å²) in [4.78, 5) is 0. The van der Waals surface area contributed by atoms with Crippen LogP contribution in [0.25, 0.3) is 0 Å². The van der Waals surface area contributed by atoms with E-state index in [9.17, 15) is 0 Å². The van der Waals surface area contributed by atoms with Crippen LogP contribution < -0.4 is 0 Å². The summed E-state index contributed by atoms with van der Waals surface area (Å²) in [5.41, 5.74) is 0.500. The van der Waals surface area contributed by atoms with Crippen molar-refractivity contribution >= 4 is 0 Å². The van der Waals surface area contributed by atoms with Gasteiger partial charge >= 0.3 is 0 Å². The molecule has 0 aliphatic rings. The molecule has 0 radical (unpaired) electrons. The monoisotopic (exact) mass is 132 g/mol. The summed E-state index contributed by atoms with van der Waals surface area (Å²) in [6, 6.07) is 0. The maximum absolute atomic E-state index is 7.42. The molecule has 0 saturated heterocycles. The van der Waals surface area contributed by atoms with Gasteiger partial charge in [-0.15, -0.1) is 0 Å². The zero-order valence-electron chi connectivity index (χ0n) is 6.60. The lowest BCUT2D eigenvalue weighted by Gasteiger charge is -2.05. The van der Waals surface area contributed by atoms with E-state index >= 15 is 0 Å². The summed E-state index contributed by atoms with van der Waals surface area (Å²) in [7, 11) is 0. The molecule has 56 valence electrons. The number of aliphatic hydroxyl groups is 2. The molecule has 0 unspecified atom stereocenters. The van der Waals surface area contributed by atoms with Crippen LogP contribution in [0.3, 0.4) is 0 Å². The van der Waals surface area contributed by atoms with Gasteiger partial charge in [-0.1, -0.05) is 27.7 Å². The highest BCUT2D eigenvalue weighted by Gasteiger charge is 1.95. The van der Waals surface area contributed by atoms with Crippen molar-refractivity contribution in [3.05, 3.63) is 12.5 Å². The molecular weight excluding hydrogens is 116 g/mol. The van der Waals surface area contributed by atoms with Gasteiger partial charge in [0.05, 0.1) is 0 Å². The first-order valence-electron chi connectivity index (χ1n) is 2.80. The Morgan fingerprint density at radius 1 is 1.11 bits per heavy atom. The molecule has 2 heteroatoms. The third-order valence-electron chi connectivity index (χ3n) is 0.